The lowest BCUT2D eigenvalue weighted by atomic mass is 10.1. The van der Waals surface area contributed by atoms with E-state index in [4.69, 9.17) is 5.73 Å². The first kappa shape index (κ1) is 14.9. The fourth-order valence-electron chi connectivity index (χ4n) is 2.31. The Hall–Kier alpha value is -2.49. The van der Waals surface area contributed by atoms with Crippen LogP contribution in [0, 0.1) is 6.92 Å². The number of rotatable bonds is 5. The van der Waals surface area contributed by atoms with Crippen molar-refractivity contribution in [2.75, 3.05) is 24.3 Å². The van der Waals surface area contributed by atoms with E-state index in [0.29, 0.717) is 12.1 Å². The summed E-state index contributed by atoms with van der Waals surface area (Å²) in [6.07, 6.45) is 0. The Bertz CT molecular complexity index is 650. The largest absolute Gasteiger partial charge is 0.381 e. The molecule has 0 unspecified atom stereocenters. The van der Waals surface area contributed by atoms with Crippen LogP contribution in [0.4, 0.5) is 11.4 Å². The summed E-state index contributed by atoms with van der Waals surface area (Å²) in [6.45, 7) is 2.65. The van der Waals surface area contributed by atoms with Gasteiger partial charge in [-0.3, -0.25) is 4.79 Å². The van der Waals surface area contributed by atoms with Crippen molar-refractivity contribution >= 4 is 17.3 Å². The lowest BCUT2D eigenvalue weighted by molar-refractivity contribution is 0.0999. The maximum absolute atomic E-state index is 11.4. The average Bonchev–Trinajstić information content (AvgIpc) is 2.46. The summed E-state index contributed by atoms with van der Waals surface area (Å²) in [5.41, 5.74) is 10.3. The second kappa shape index (κ2) is 6.31. The predicted molar refractivity (Wildman–Crippen MR) is 87.8 cm³/mol. The topological polar surface area (TPSA) is 58.4 Å². The summed E-state index contributed by atoms with van der Waals surface area (Å²) in [5.74, 6) is -0.398. The van der Waals surface area contributed by atoms with Crippen LogP contribution in [0.2, 0.25) is 0 Å². The zero-order chi connectivity index (χ0) is 15.4. The zero-order valence-electron chi connectivity index (χ0n) is 12.7. The summed E-state index contributed by atoms with van der Waals surface area (Å²) in [4.78, 5) is 13.5. The van der Waals surface area contributed by atoms with Gasteiger partial charge in [0.15, 0.2) is 0 Å². The van der Waals surface area contributed by atoms with E-state index in [2.05, 4.69) is 29.3 Å². The minimum Gasteiger partial charge on any atom is -0.381 e. The van der Waals surface area contributed by atoms with E-state index in [1.165, 1.54) is 11.3 Å². The van der Waals surface area contributed by atoms with Crippen LogP contribution in [0.5, 0.6) is 0 Å². The first-order valence-electron chi connectivity index (χ1n) is 6.88. The minimum absolute atomic E-state index is 0.398. The van der Waals surface area contributed by atoms with Crippen molar-refractivity contribution in [2.24, 2.45) is 5.73 Å². The van der Waals surface area contributed by atoms with Crippen molar-refractivity contribution in [1.82, 2.24) is 0 Å². The van der Waals surface area contributed by atoms with Crippen molar-refractivity contribution in [3.05, 3.63) is 59.2 Å². The van der Waals surface area contributed by atoms with Crippen LogP contribution in [0.25, 0.3) is 0 Å². The molecule has 0 saturated heterocycles. The van der Waals surface area contributed by atoms with Gasteiger partial charge in [0.1, 0.15) is 0 Å². The number of nitrogens with zero attached hydrogens (tertiary/aromatic N) is 1. The molecule has 0 bridgehead atoms. The standard InChI is InChI=1S/C17H21N3O/c1-12-8-9-14(10-16(12)20(2)3)19-11-13-6-4-5-7-15(13)17(18)21/h4-10,19H,11H2,1-3H3,(H2,18,21). The lowest BCUT2D eigenvalue weighted by Gasteiger charge is -2.17. The Kier molecular flexibility index (Phi) is 4.48. The first-order valence-corrected chi connectivity index (χ1v) is 6.88. The minimum atomic E-state index is -0.398. The van der Waals surface area contributed by atoms with Crippen LogP contribution in [0.3, 0.4) is 0 Å². The number of anilines is 2. The zero-order valence-corrected chi connectivity index (χ0v) is 12.7. The highest BCUT2D eigenvalue weighted by Gasteiger charge is 2.07. The van der Waals surface area contributed by atoms with Crippen LogP contribution < -0.4 is 16.0 Å². The van der Waals surface area contributed by atoms with Crippen molar-refractivity contribution in [3.8, 4) is 0 Å². The molecule has 0 aromatic heterocycles. The summed E-state index contributed by atoms with van der Waals surface area (Å²) < 4.78 is 0. The van der Waals surface area contributed by atoms with Gasteiger partial charge in [-0.15, -0.1) is 0 Å². The van der Waals surface area contributed by atoms with Crippen molar-refractivity contribution in [3.63, 3.8) is 0 Å². The van der Waals surface area contributed by atoms with E-state index in [-0.39, 0.29) is 0 Å². The molecule has 2 aromatic carbocycles. The summed E-state index contributed by atoms with van der Waals surface area (Å²) in [7, 11) is 4.04. The molecule has 0 fully saturated rings. The lowest BCUT2D eigenvalue weighted by Crippen LogP contribution is -2.15. The molecule has 4 heteroatoms. The molecule has 0 spiro atoms. The van der Waals surface area contributed by atoms with Gasteiger partial charge in [0, 0.05) is 37.6 Å². The molecule has 1 amide bonds. The Morgan fingerprint density at radius 1 is 1.19 bits per heavy atom. The molecule has 110 valence electrons. The van der Waals surface area contributed by atoms with E-state index in [9.17, 15) is 4.79 Å². The molecule has 2 rings (SSSR count). The van der Waals surface area contributed by atoms with Crippen LogP contribution in [0.15, 0.2) is 42.5 Å². The van der Waals surface area contributed by atoms with Gasteiger partial charge in [0.25, 0.3) is 0 Å². The number of carbonyl (C=O) groups is 1. The molecule has 0 saturated carbocycles. The van der Waals surface area contributed by atoms with Gasteiger partial charge in [0.05, 0.1) is 0 Å². The Balaban J connectivity index is 2.17. The van der Waals surface area contributed by atoms with Gasteiger partial charge in [-0.2, -0.15) is 0 Å². The normalized spacial score (nSPS) is 10.2. The number of benzene rings is 2. The fraction of sp³-hybridized carbons (Fsp3) is 0.235. The molecule has 4 nitrogen and oxygen atoms in total. The first-order chi connectivity index (χ1) is 9.99. The fourth-order valence-corrected chi connectivity index (χ4v) is 2.31. The molecular weight excluding hydrogens is 262 g/mol. The Labute approximate surface area is 125 Å². The predicted octanol–water partition coefficient (Wildman–Crippen LogP) is 2.77. The third-order valence-corrected chi connectivity index (χ3v) is 3.46. The number of carbonyl (C=O) groups excluding carboxylic acids is 1. The van der Waals surface area contributed by atoms with Crippen molar-refractivity contribution in [2.45, 2.75) is 13.5 Å². The van der Waals surface area contributed by atoms with E-state index in [1.54, 1.807) is 6.07 Å². The number of nitrogens with one attached hydrogen (secondary N) is 1. The maximum atomic E-state index is 11.4. The monoisotopic (exact) mass is 283 g/mol. The summed E-state index contributed by atoms with van der Waals surface area (Å²) in [5, 5.41) is 3.34. The summed E-state index contributed by atoms with van der Waals surface area (Å²) >= 11 is 0. The molecule has 0 aliphatic rings. The van der Waals surface area contributed by atoms with Crippen LogP contribution in [-0.2, 0) is 6.54 Å². The Morgan fingerprint density at radius 2 is 1.90 bits per heavy atom. The molecular formula is C17H21N3O. The van der Waals surface area contributed by atoms with Gasteiger partial charge in [-0.05, 0) is 36.2 Å². The molecule has 0 radical (unpaired) electrons. The second-order valence-corrected chi connectivity index (χ2v) is 5.27. The van der Waals surface area contributed by atoms with E-state index < -0.39 is 5.91 Å². The van der Waals surface area contributed by atoms with Gasteiger partial charge < -0.3 is 16.0 Å². The van der Waals surface area contributed by atoms with E-state index >= 15 is 0 Å². The second-order valence-electron chi connectivity index (χ2n) is 5.27. The highest BCUT2D eigenvalue weighted by molar-refractivity contribution is 5.94. The number of hydrogen-bond donors (Lipinski definition) is 2. The van der Waals surface area contributed by atoms with Crippen LogP contribution in [-0.4, -0.2) is 20.0 Å². The van der Waals surface area contributed by atoms with E-state index in [0.717, 1.165) is 11.3 Å². The molecule has 0 heterocycles. The SMILES string of the molecule is Cc1ccc(NCc2ccccc2C(N)=O)cc1N(C)C. The molecule has 0 atom stereocenters. The average molecular weight is 283 g/mol. The Morgan fingerprint density at radius 3 is 2.57 bits per heavy atom. The smallest absolute Gasteiger partial charge is 0.249 e. The quantitative estimate of drug-likeness (QED) is 0.887. The van der Waals surface area contributed by atoms with Crippen molar-refractivity contribution in [1.29, 1.82) is 0 Å². The molecule has 21 heavy (non-hydrogen) atoms. The van der Waals surface area contributed by atoms with Crippen LogP contribution >= 0.6 is 0 Å². The highest BCUT2D eigenvalue weighted by atomic mass is 16.1. The van der Waals surface area contributed by atoms with Gasteiger partial charge >= 0.3 is 0 Å². The number of hydrogen-bond acceptors (Lipinski definition) is 3. The highest BCUT2D eigenvalue weighted by Crippen LogP contribution is 2.23. The summed E-state index contributed by atoms with van der Waals surface area (Å²) in [6, 6.07) is 13.6. The molecule has 3 N–H and O–H groups in total. The molecule has 0 aliphatic heterocycles. The number of aryl methyl sites for hydroxylation is 1. The number of primary amides is 1. The maximum Gasteiger partial charge on any atom is 0.249 e. The third kappa shape index (κ3) is 3.54. The van der Waals surface area contributed by atoms with Gasteiger partial charge in [-0.25, -0.2) is 0 Å². The van der Waals surface area contributed by atoms with E-state index in [1.807, 2.05) is 38.4 Å². The number of nitrogens with two attached hydrogens (primary N) is 1. The van der Waals surface area contributed by atoms with Crippen molar-refractivity contribution < 1.29 is 4.79 Å². The third-order valence-electron chi connectivity index (χ3n) is 3.46. The van der Waals surface area contributed by atoms with Gasteiger partial charge in [-0.1, -0.05) is 24.3 Å². The number of amides is 1. The molecule has 0 aliphatic carbocycles. The molecule has 2 aromatic rings. The van der Waals surface area contributed by atoms with Gasteiger partial charge in [0.2, 0.25) is 5.91 Å². The van der Waals surface area contributed by atoms with Crippen LogP contribution in [0.1, 0.15) is 21.5 Å².